The van der Waals surface area contributed by atoms with Crippen LogP contribution in [0.2, 0.25) is 0 Å². The molecule has 0 radical (unpaired) electrons. The third-order valence-electron chi connectivity index (χ3n) is 7.85. The number of hydrogen-bond donors (Lipinski definition) is 0. The van der Waals surface area contributed by atoms with E-state index >= 15 is 0 Å². The molecule has 2 aliphatic carbocycles. The Balaban J connectivity index is 1.66. The van der Waals surface area contributed by atoms with Crippen LogP contribution in [-0.4, -0.2) is 11.8 Å². The first-order valence-corrected chi connectivity index (χ1v) is 11.8. The molecule has 3 rings (SSSR count). The monoisotopic (exact) mass is 398 g/mol. The number of benzene rings is 1. The number of Topliss-reactive ketones (excluding diaryl/α,β-unsaturated/α-hetero) is 1. The number of aryl methyl sites for hydroxylation is 1. The highest BCUT2D eigenvalue weighted by atomic mass is 16.5. The molecule has 1 saturated carbocycles. The van der Waals surface area contributed by atoms with Crippen molar-refractivity contribution in [2.45, 2.75) is 97.8 Å². The van der Waals surface area contributed by atoms with Gasteiger partial charge in [0.15, 0.2) is 0 Å². The summed E-state index contributed by atoms with van der Waals surface area (Å²) in [5.74, 6) is 2.52. The molecule has 3 nitrogen and oxygen atoms in total. The van der Waals surface area contributed by atoms with E-state index in [-0.39, 0.29) is 11.4 Å². The van der Waals surface area contributed by atoms with Gasteiger partial charge in [0, 0.05) is 18.3 Å². The number of carbonyl (C=O) groups excluding carboxylic acids is 2. The fraction of sp³-hybridized carbons (Fsp3) is 0.692. The van der Waals surface area contributed by atoms with E-state index in [4.69, 9.17) is 4.74 Å². The molecule has 0 amide bonds. The minimum atomic E-state index is -0.149. The van der Waals surface area contributed by atoms with E-state index in [1.807, 2.05) is 6.07 Å². The molecule has 0 saturated heterocycles. The van der Waals surface area contributed by atoms with Crippen LogP contribution in [0.15, 0.2) is 18.2 Å². The Hall–Kier alpha value is -1.64. The fourth-order valence-electron chi connectivity index (χ4n) is 5.78. The minimum absolute atomic E-state index is 0.119. The van der Waals surface area contributed by atoms with Gasteiger partial charge in [-0.15, -0.1) is 0 Å². The Bertz CT molecular complexity index is 737. The van der Waals surface area contributed by atoms with Crippen LogP contribution in [0.5, 0.6) is 5.75 Å². The molecule has 0 bridgehead atoms. The Morgan fingerprint density at radius 1 is 1.14 bits per heavy atom. The van der Waals surface area contributed by atoms with Crippen molar-refractivity contribution in [2.24, 2.45) is 17.3 Å². The van der Waals surface area contributed by atoms with Gasteiger partial charge in [0.2, 0.25) is 0 Å². The number of carbonyl (C=O) groups is 2. The third kappa shape index (κ3) is 4.59. The summed E-state index contributed by atoms with van der Waals surface area (Å²) >= 11 is 0. The van der Waals surface area contributed by atoms with E-state index in [2.05, 4.69) is 39.8 Å². The van der Waals surface area contributed by atoms with Crippen LogP contribution < -0.4 is 4.74 Å². The first-order valence-electron chi connectivity index (χ1n) is 11.8. The molecule has 1 aromatic carbocycles. The van der Waals surface area contributed by atoms with Crippen LogP contribution in [0.3, 0.4) is 0 Å². The van der Waals surface area contributed by atoms with Gasteiger partial charge in [0.1, 0.15) is 11.5 Å². The maximum atomic E-state index is 12.5. The molecule has 4 atom stereocenters. The van der Waals surface area contributed by atoms with Crippen LogP contribution in [-0.2, 0) is 16.0 Å². The summed E-state index contributed by atoms with van der Waals surface area (Å²) in [4.78, 5) is 24.7. The number of unbranched alkanes of at least 4 members (excludes halogenated alkanes) is 3. The summed E-state index contributed by atoms with van der Waals surface area (Å²) in [7, 11) is 0. The highest BCUT2D eigenvalue weighted by Crippen LogP contribution is 2.53. The lowest BCUT2D eigenvalue weighted by atomic mass is 9.62. The number of ketones is 1. The van der Waals surface area contributed by atoms with E-state index < -0.39 is 0 Å². The topological polar surface area (TPSA) is 43.4 Å². The van der Waals surface area contributed by atoms with E-state index in [1.54, 1.807) is 0 Å². The van der Waals surface area contributed by atoms with Gasteiger partial charge in [-0.2, -0.15) is 0 Å². The maximum absolute atomic E-state index is 12.5. The number of rotatable bonds is 8. The highest BCUT2D eigenvalue weighted by Gasteiger charge is 2.49. The first-order chi connectivity index (χ1) is 13.9. The van der Waals surface area contributed by atoms with Crippen LogP contribution in [0, 0.1) is 17.3 Å². The van der Waals surface area contributed by atoms with Crippen molar-refractivity contribution in [2.75, 3.05) is 0 Å². The molecule has 160 valence electrons. The summed E-state index contributed by atoms with van der Waals surface area (Å²) in [5.41, 5.74) is 2.54. The molecular formula is C26H38O3. The van der Waals surface area contributed by atoms with Crippen LogP contribution >= 0.6 is 0 Å². The van der Waals surface area contributed by atoms with Crippen molar-refractivity contribution in [3.05, 3.63) is 29.3 Å². The van der Waals surface area contributed by atoms with Gasteiger partial charge in [-0.25, -0.2) is 0 Å². The second-order valence-electron chi connectivity index (χ2n) is 9.48. The molecule has 0 aliphatic heterocycles. The van der Waals surface area contributed by atoms with Gasteiger partial charge in [-0.05, 0) is 73.1 Å². The van der Waals surface area contributed by atoms with Gasteiger partial charge in [-0.3, -0.25) is 9.59 Å². The van der Waals surface area contributed by atoms with Crippen molar-refractivity contribution < 1.29 is 14.3 Å². The van der Waals surface area contributed by atoms with Gasteiger partial charge in [0.05, 0.1) is 0 Å². The van der Waals surface area contributed by atoms with Crippen molar-refractivity contribution in [3.8, 4) is 5.75 Å². The van der Waals surface area contributed by atoms with E-state index in [0.29, 0.717) is 35.7 Å². The lowest BCUT2D eigenvalue weighted by molar-refractivity contribution is -0.134. The van der Waals surface area contributed by atoms with Gasteiger partial charge < -0.3 is 4.74 Å². The second-order valence-corrected chi connectivity index (χ2v) is 9.48. The molecular weight excluding hydrogens is 360 g/mol. The van der Waals surface area contributed by atoms with Crippen LogP contribution in [0.25, 0.3) is 0 Å². The molecule has 3 heteroatoms. The number of hydrogen-bond acceptors (Lipinski definition) is 3. The SMILES string of the molecule is CCCCCCC(=O)Oc1ccc2c(c1)CC[C@@H]([C@@H]1CCC(=O)[C@@]1(C)CC)[C@@H]2C. The summed E-state index contributed by atoms with van der Waals surface area (Å²) in [6, 6.07) is 6.19. The smallest absolute Gasteiger partial charge is 0.311 e. The molecule has 1 fully saturated rings. The average molecular weight is 399 g/mol. The van der Waals surface area contributed by atoms with Gasteiger partial charge in [0.25, 0.3) is 0 Å². The molecule has 0 heterocycles. The number of esters is 1. The number of ether oxygens (including phenoxy) is 1. The van der Waals surface area contributed by atoms with Crippen molar-refractivity contribution in [1.82, 2.24) is 0 Å². The Morgan fingerprint density at radius 3 is 2.66 bits per heavy atom. The van der Waals surface area contributed by atoms with Crippen LogP contribution in [0.1, 0.15) is 103 Å². The largest absolute Gasteiger partial charge is 0.427 e. The fourth-order valence-corrected chi connectivity index (χ4v) is 5.78. The van der Waals surface area contributed by atoms with Gasteiger partial charge in [-0.1, -0.05) is 53.0 Å². The Morgan fingerprint density at radius 2 is 1.93 bits per heavy atom. The quantitative estimate of drug-likeness (QED) is 0.281. The zero-order valence-electron chi connectivity index (χ0n) is 18.8. The standard InChI is InChI=1S/C26H38O3/c1-5-7-8-9-10-25(28)29-20-12-14-21-18(3)22(13-11-19(21)17-20)23-15-16-24(27)26(23,4)6-2/h12,14,17-18,22-23H,5-11,13,15-16H2,1-4H3/t18-,22-,23+,26+/m1/s1. The third-order valence-corrected chi connectivity index (χ3v) is 7.85. The average Bonchev–Trinajstić information content (AvgIpc) is 3.01. The minimum Gasteiger partial charge on any atom is -0.427 e. The summed E-state index contributed by atoms with van der Waals surface area (Å²) in [6.07, 6.45) is 9.72. The maximum Gasteiger partial charge on any atom is 0.311 e. The lowest BCUT2D eigenvalue weighted by Crippen LogP contribution is -2.36. The second kappa shape index (κ2) is 9.45. The molecule has 0 aromatic heterocycles. The molecule has 29 heavy (non-hydrogen) atoms. The van der Waals surface area contributed by atoms with Crippen molar-refractivity contribution >= 4 is 11.8 Å². The van der Waals surface area contributed by atoms with E-state index in [1.165, 1.54) is 24.0 Å². The van der Waals surface area contributed by atoms with Gasteiger partial charge >= 0.3 is 5.97 Å². The van der Waals surface area contributed by atoms with Crippen LogP contribution in [0.4, 0.5) is 0 Å². The zero-order chi connectivity index (χ0) is 21.0. The Kier molecular flexibility index (Phi) is 7.19. The highest BCUT2D eigenvalue weighted by molar-refractivity contribution is 5.87. The van der Waals surface area contributed by atoms with Crippen molar-refractivity contribution in [1.29, 1.82) is 0 Å². The summed E-state index contributed by atoms with van der Waals surface area (Å²) in [6.45, 7) is 8.85. The molecule has 1 aromatic rings. The Labute approximate surface area is 176 Å². The summed E-state index contributed by atoms with van der Waals surface area (Å²) < 4.78 is 5.60. The molecule has 0 spiro atoms. The first kappa shape index (κ1) is 22.1. The molecule has 2 aliphatic rings. The van der Waals surface area contributed by atoms with Crippen molar-refractivity contribution in [3.63, 3.8) is 0 Å². The normalized spacial score (nSPS) is 29.0. The predicted octanol–water partition coefficient (Wildman–Crippen LogP) is 6.62. The van der Waals surface area contributed by atoms with E-state index in [9.17, 15) is 9.59 Å². The summed E-state index contributed by atoms with van der Waals surface area (Å²) in [5, 5.41) is 0. The molecule has 0 unspecified atom stereocenters. The van der Waals surface area contributed by atoms with E-state index in [0.717, 1.165) is 44.9 Å². The zero-order valence-corrected chi connectivity index (χ0v) is 18.8. The molecule has 0 N–H and O–H groups in total. The predicted molar refractivity (Wildman–Crippen MR) is 117 cm³/mol. The lowest BCUT2D eigenvalue weighted by Gasteiger charge is -2.41. The number of fused-ring (bicyclic) bond motifs is 1.